The van der Waals surface area contributed by atoms with Crippen molar-refractivity contribution in [1.29, 1.82) is 0 Å². The molecule has 4 rings (SSSR count). The molecule has 1 aromatic heterocycles. The summed E-state index contributed by atoms with van der Waals surface area (Å²) in [6, 6.07) is 17.7. The molecule has 0 spiro atoms. The number of fused-ring (bicyclic) bond motifs is 1. The van der Waals surface area contributed by atoms with E-state index in [9.17, 15) is 0 Å². The third kappa shape index (κ3) is 2.52. The number of aromatic nitrogens is 1. The lowest BCUT2D eigenvalue weighted by molar-refractivity contribution is 0.752. The van der Waals surface area contributed by atoms with Crippen molar-refractivity contribution in [1.82, 2.24) is 4.57 Å². The van der Waals surface area contributed by atoms with E-state index in [-0.39, 0.29) is 0 Å². The predicted molar refractivity (Wildman–Crippen MR) is 98.4 cm³/mol. The van der Waals surface area contributed by atoms with Crippen LogP contribution >= 0.6 is 0 Å². The lowest BCUT2D eigenvalue weighted by atomic mass is 9.98. The quantitative estimate of drug-likeness (QED) is 0.663. The van der Waals surface area contributed by atoms with Crippen LogP contribution in [0.4, 0.5) is 5.69 Å². The van der Waals surface area contributed by atoms with E-state index in [1.807, 2.05) is 0 Å². The first-order chi connectivity index (χ1) is 11.3. The van der Waals surface area contributed by atoms with Gasteiger partial charge in [-0.25, -0.2) is 0 Å². The zero-order chi connectivity index (χ0) is 15.8. The molecule has 1 saturated heterocycles. The second-order valence-electron chi connectivity index (χ2n) is 6.66. The zero-order valence-corrected chi connectivity index (χ0v) is 14.0. The Kier molecular flexibility index (Phi) is 3.60. The van der Waals surface area contributed by atoms with Gasteiger partial charge in [-0.1, -0.05) is 30.3 Å². The van der Waals surface area contributed by atoms with Gasteiger partial charge in [-0.3, -0.25) is 0 Å². The summed E-state index contributed by atoms with van der Waals surface area (Å²) in [4.78, 5) is 2.54. The van der Waals surface area contributed by atoms with Crippen LogP contribution in [0.5, 0.6) is 0 Å². The van der Waals surface area contributed by atoms with E-state index in [4.69, 9.17) is 0 Å². The number of rotatable bonds is 3. The molecule has 3 aromatic rings. The summed E-state index contributed by atoms with van der Waals surface area (Å²) < 4.78 is 2.39. The van der Waals surface area contributed by atoms with Crippen molar-refractivity contribution in [2.45, 2.75) is 32.7 Å². The molecule has 2 aromatic carbocycles. The molecule has 2 heterocycles. The summed E-state index contributed by atoms with van der Waals surface area (Å²) in [6.45, 7) is 7.71. The van der Waals surface area contributed by atoms with Gasteiger partial charge in [-0.05, 0) is 49.6 Å². The van der Waals surface area contributed by atoms with Crippen molar-refractivity contribution in [3.63, 3.8) is 0 Å². The van der Waals surface area contributed by atoms with Crippen LogP contribution in [0.1, 0.15) is 30.4 Å². The van der Waals surface area contributed by atoms with Gasteiger partial charge < -0.3 is 9.47 Å². The van der Waals surface area contributed by atoms with Crippen LogP contribution in [0, 0.1) is 6.92 Å². The molecule has 0 aliphatic carbocycles. The van der Waals surface area contributed by atoms with Gasteiger partial charge in [-0.15, -0.1) is 0 Å². The van der Waals surface area contributed by atoms with Crippen LogP contribution in [0.15, 0.2) is 54.7 Å². The highest BCUT2D eigenvalue weighted by atomic mass is 15.2. The molecule has 1 aliphatic heterocycles. The van der Waals surface area contributed by atoms with Crippen LogP contribution in [-0.2, 0) is 6.54 Å². The highest BCUT2D eigenvalue weighted by Gasteiger charge is 2.26. The van der Waals surface area contributed by atoms with Crippen LogP contribution in [0.3, 0.4) is 0 Å². The molecule has 0 amide bonds. The minimum absolute atomic E-state index is 0.633. The van der Waals surface area contributed by atoms with Crippen LogP contribution in [-0.4, -0.2) is 17.7 Å². The number of hydrogen-bond donors (Lipinski definition) is 0. The molecule has 0 bridgehead atoms. The van der Waals surface area contributed by atoms with Crippen molar-refractivity contribution in [3.05, 3.63) is 65.9 Å². The molecule has 0 N–H and O–H groups in total. The van der Waals surface area contributed by atoms with Gasteiger partial charge in [0.1, 0.15) is 0 Å². The van der Waals surface area contributed by atoms with E-state index in [1.54, 1.807) is 0 Å². The van der Waals surface area contributed by atoms with Gasteiger partial charge in [0.25, 0.3) is 0 Å². The normalized spacial score (nSPS) is 18.0. The Bertz CT molecular complexity index is 831. The van der Waals surface area contributed by atoms with Crippen molar-refractivity contribution < 1.29 is 0 Å². The number of nitrogens with zero attached hydrogens (tertiary/aromatic N) is 2. The van der Waals surface area contributed by atoms with Gasteiger partial charge in [-0.2, -0.15) is 0 Å². The second kappa shape index (κ2) is 5.77. The van der Waals surface area contributed by atoms with Crippen LogP contribution < -0.4 is 4.90 Å². The van der Waals surface area contributed by atoms with Gasteiger partial charge >= 0.3 is 0 Å². The minimum Gasteiger partial charge on any atom is -0.371 e. The molecule has 0 saturated carbocycles. The smallest absolute Gasteiger partial charge is 0.0483 e. The summed E-state index contributed by atoms with van der Waals surface area (Å²) in [5, 5.41) is 1.44. The maximum Gasteiger partial charge on any atom is 0.0483 e. The van der Waals surface area contributed by atoms with Crippen molar-refractivity contribution in [2.24, 2.45) is 0 Å². The highest BCUT2D eigenvalue weighted by molar-refractivity contribution is 5.84. The van der Waals surface area contributed by atoms with Gasteiger partial charge in [0.05, 0.1) is 0 Å². The third-order valence-corrected chi connectivity index (χ3v) is 5.15. The minimum atomic E-state index is 0.633. The summed E-state index contributed by atoms with van der Waals surface area (Å²) in [7, 11) is 0. The van der Waals surface area contributed by atoms with E-state index in [2.05, 4.69) is 78.0 Å². The first-order valence-electron chi connectivity index (χ1n) is 8.65. The molecule has 1 atom stereocenters. The molecular formula is C21H24N2. The maximum atomic E-state index is 2.54. The fourth-order valence-electron chi connectivity index (χ4n) is 3.94. The number of para-hydroxylation sites is 1. The average Bonchev–Trinajstić information content (AvgIpc) is 3.19. The van der Waals surface area contributed by atoms with Gasteiger partial charge in [0.15, 0.2) is 0 Å². The molecule has 0 radical (unpaired) electrons. The van der Waals surface area contributed by atoms with Gasteiger partial charge in [0.2, 0.25) is 0 Å². The number of anilines is 1. The van der Waals surface area contributed by atoms with E-state index in [0.717, 1.165) is 19.6 Å². The first-order valence-corrected chi connectivity index (χ1v) is 8.65. The van der Waals surface area contributed by atoms with Crippen LogP contribution in [0.25, 0.3) is 10.9 Å². The Morgan fingerprint density at radius 3 is 2.78 bits per heavy atom. The van der Waals surface area contributed by atoms with Gasteiger partial charge in [0, 0.05) is 48.3 Å². The lowest BCUT2D eigenvalue weighted by Crippen LogP contribution is -2.19. The number of aryl methyl sites for hydroxylation is 2. The summed E-state index contributed by atoms with van der Waals surface area (Å²) in [6.07, 6.45) is 3.63. The fraction of sp³-hybridized carbons (Fsp3) is 0.333. The van der Waals surface area contributed by atoms with Crippen molar-refractivity contribution >= 4 is 16.6 Å². The number of benzene rings is 2. The Morgan fingerprint density at radius 2 is 1.96 bits per heavy atom. The standard InChI is InChI=1S/C21H24N2/c1-3-22-15-20(19-9-4-5-10-21(19)22)17-11-12-23(14-17)18-8-6-7-16(2)13-18/h4-10,13,15,17H,3,11-12,14H2,1-2H3. The molecule has 1 aliphatic rings. The topological polar surface area (TPSA) is 8.17 Å². The van der Waals surface area contributed by atoms with E-state index in [1.165, 1.54) is 34.1 Å². The first kappa shape index (κ1) is 14.4. The molecule has 2 nitrogen and oxygen atoms in total. The maximum absolute atomic E-state index is 2.54. The lowest BCUT2D eigenvalue weighted by Gasteiger charge is -2.19. The summed E-state index contributed by atoms with van der Waals surface area (Å²) >= 11 is 0. The molecular weight excluding hydrogens is 280 g/mol. The van der Waals surface area contributed by atoms with Crippen molar-refractivity contribution in [3.8, 4) is 0 Å². The Balaban J connectivity index is 1.65. The second-order valence-corrected chi connectivity index (χ2v) is 6.66. The van der Waals surface area contributed by atoms with E-state index >= 15 is 0 Å². The molecule has 1 unspecified atom stereocenters. The summed E-state index contributed by atoms with van der Waals surface area (Å²) in [5.41, 5.74) is 5.61. The van der Waals surface area contributed by atoms with E-state index in [0.29, 0.717) is 5.92 Å². The van der Waals surface area contributed by atoms with Crippen LogP contribution in [0.2, 0.25) is 0 Å². The molecule has 118 valence electrons. The Morgan fingerprint density at radius 1 is 1.09 bits per heavy atom. The average molecular weight is 304 g/mol. The Labute approximate surface area is 138 Å². The monoisotopic (exact) mass is 304 g/mol. The molecule has 1 fully saturated rings. The molecule has 23 heavy (non-hydrogen) atoms. The zero-order valence-electron chi connectivity index (χ0n) is 14.0. The summed E-state index contributed by atoms with van der Waals surface area (Å²) in [5.74, 6) is 0.633. The predicted octanol–water partition coefficient (Wildman–Crippen LogP) is 4.96. The third-order valence-electron chi connectivity index (χ3n) is 5.15. The fourth-order valence-corrected chi connectivity index (χ4v) is 3.94. The Hall–Kier alpha value is -2.22. The van der Waals surface area contributed by atoms with E-state index < -0.39 is 0 Å². The largest absolute Gasteiger partial charge is 0.371 e. The molecule has 2 heteroatoms. The number of hydrogen-bond acceptors (Lipinski definition) is 1. The van der Waals surface area contributed by atoms with Crippen molar-refractivity contribution in [2.75, 3.05) is 18.0 Å². The SMILES string of the molecule is CCn1cc(C2CCN(c3cccc(C)c3)C2)c2ccccc21. The highest BCUT2D eigenvalue weighted by Crippen LogP contribution is 2.35.